The van der Waals surface area contributed by atoms with Crippen LogP contribution in [-0.4, -0.2) is 30.6 Å². The fourth-order valence-corrected chi connectivity index (χ4v) is 5.06. The molecule has 5 rings (SSSR count). The summed E-state index contributed by atoms with van der Waals surface area (Å²) < 4.78 is 40.8. The molecule has 0 aliphatic carbocycles. The van der Waals surface area contributed by atoms with Crippen molar-refractivity contribution < 1.29 is 18.0 Å². The van der Waals surface area contributed by atoms with Gasteiger partial charge in [-0.05, 0) is 41.7 Å². The van der Waals surface area contributed by atoms with E-state index in [1.165, 1.54) is 12.1 Å². The Morgan fingerprint density at radius 2 is 1.97 bits per heavy atom. The van der Waals surface area contributed by atoms with Crippen molar-refractivity contribution in [2.75, 3.05) is 0 Å². The number of alkyl halides is 3. The molecule has 10 heteroatoms. The molecule has 1 aromatic carbocycles. The number of nitrogens with zero attached hydrogens (tertiary/aromatic N) is 5. The zero-order valence-corrected chi connectivity index (χ0v) is 19.6. The average Bonchev–Trinajstić information content (AvgIpc) is 3.51. The quantitative estimate of drug-likeness (QED) is 0.565. The van der Waals surface area contributed by atoms with Crippen LogP contribution < -0.4 is 5.32 Å². The molecule has 1 amide bonds. The minimum absolute atomic E-state index is 0.0167. The van der Waals surface area contributed by atoms with E-state index < -0.39 is 11.7 Å². The van der Waals surface area contributed by atoms with E-state index in [-0.39, 0.29) is 17.9 Å². The van der Waals surface area contributed by atoms with E-state index in [0.717, 1.165) is 60.0 Å². The predicted molar refractivity (Wildman–Crippen MR) is 122 cm³/mol. The summed E-state index contributed by atoms with van der Waals surface area (Å²) in [5, 5.41) is 11.3. The number of carbonyl (C=O) groups excluding carboxylic acids is 1. The maximum atomic E-state index is 12.9. The fraction of sp³-hybridized carbons (Fsp3) is 0.440. The van der Waals surface area contributed by atoms with Gasteiger partial charge in [0.15, 0.2) is 5.82 Å². The standard InChI is InChI=1S/C25H27F3N6O/c1-15(2)23-22-18(14-33(23)13-16-5-7-19(8-6-16)25(26,27)28)10-17(11-29-22)24(35)30-12-21-32-31-20-4-3-9-34(20)21/h5-8,10-11,15,23H,3-4,9,12-14H2,1-2H3,(H,30,35). The molecule has 1 unspecified atom stereocenters. The van der Waals surface area contributed by atoms with Crippen LogP contribution >= 0.6 is 0 Å². The fourth-order valence-electron chi connectivity index (χ4n) is 5.06. The summed E-state index contributed by atoms with van der Waals surface area (Å²) in [5.41, 5.74) is 2.50. The lowest BCUT2D eigenvalue weighted by Crippen LogP contribution is -2.26. The Kier molecular flexibility index (Phi) is 6.08. The zero-order chi connectivity index (χ0) is 24.7. The average molecular weight is 485 g/mol. The van der Waals surface area contributed by atoms with E-state index in [2.05, 4.69) is 39.2 Å². The van der Waals surface area contributed by atoms with E-state index in [9.17, 15) is 18.0 Å². The predicted octanol–water partition coefficient (Wildman–Crippen LogP) is 4.28. The van der Waals surface area contributed by atoms with Gasteiger partial charge in [0, 0.05) is 32.3 Å². The Labute approximate surface area is 201 Å². The maximum absolute atomic E-state index is 12.9. The molecule has 0 saturated carbocycles. The topological polar surface area (TPSA) is 75.9 Å². The van der Waals surface area contributed by atoms with Gasteiger partial charge in [0.1, 0.15) is 5.82 Å². The van der Waals surface area contributed by atoms with Crippen LogP contribution in [0.25, 0.3) is 0 Å². The van der Waals surface area contributed by atoms with Crippen molar-refractivity contribution in [2.24, 2.45) is 5.92 Å². The number of aryl methyl sites for hydroxylation is 1. The number of benzene rings is 1. The summed E-state index contributed by atoms with van der Waals surface area (Å²) in [6.45, 7) is 6.44. The second-order valence-electron chi connectivity index (χ2n) is 9.53. The van der Waals surface area contributed by atoms with Crippen molar-refractivity contribution >= 4 is 5.91 Å². The van der Waals surface area contributed by atoms with Gasteiger partial charge >= 0.3 is 6.18 Å². The minimum atomic E-state index is -4.35. The second kappa shape index (κ2) is 9.07. The highest BCUT2D eigenvalue weighted by molar-refractivity contribution is 5.94. The molecule has 1 atom stereocenters. The van der Waals surface area contributed by atoms with Crippen molar-refractivity contribution in [3.05, 3.63) is 76.1 Å². The number of hydrogen-bond donors (Lipinski definition) is 1. The molecule has 1 N–H and O–H groups in total. The summed E-state index contributed by atoms with van der Waals surface area (Å²) in [7, 11) is 0. The number of rotatable bonds is 6. The van der Waals surface area contributed by atoms with Crippen LogP contribution in [0.1, 0.15) is 70.7 Å². The summed E-state index contributed by atoms with van der Waals surface area (Å²) in [4.78, 5) is 19.7. The van der Waals surface area contributed by atoms with Gasteiger partial charge in [-0.3, -0.25) is 14.7 Å². The molecule has 0 radical (unpaired) electrons. The monoisotopic (exact) mass is 484 g/mol. The molecule has 2 aliphatic heterocycles. The molecular weight excluding hydrogens is 457 g/mol. The Morgan fingerprint density at radius 3 is 2.69 bits per heavy atom. The molecular formula is C25H27F3N6O. The third kappa shape index (κ3) is 4.67. The first-order valence-electron chi connectivity index (χ1n) is 11.8. The molecule has 2 aromatic heterocycles. The van der Waals surface area contributed by atoms with E-state index in [1.54, 1.807) is 6.20 Å². The van der Waals surface area contributed by atoms with Crippen LogP contribution in [0.2, 0.25) is 0 Å². The minimum Gasteiger partial charge on any atom is -0.345 e. The third-order valence-corrected chi connectivity index (χ3v) is 6.70. The molecule has 2 aliphatic rings. The van der Waals surface area contributed by atoms with Gasteiger partial charge in [-0.1, -0.05) is 26.0 Å². The largest absolute Gasteiger partial charge is 0.416 e. The maximum Gasteiger partial charge on any atom is 0.416 e. The van der Waals surface area contributed by atoms with Gasteiger partial charge in [-0.2, -0.15) is 13.2 Å². The van der Waals surface area contributed by atoms with Crippen LogP contribution in [0.4, 0.5) is 13.2 Å². The smallest absolute Gasteiger partial charge is 0.345 e. The molecule has 0 spiro atoms. The van der Waals surface area contributed by atoms with Crippen molar-refractivity contribution in [3.63, 3.8) is 0 Å². The zero-order valence-electron chi connectivity index (χ0n) is 19.6. The van der Waals surface area contributed by atoms with E-state index in [1.807, 2.05) is 10.6 Å². The SMILES string of the molecule is CC(C)C1c2ncc(C(=O)NCc3nnc4n3CCC4)cc2CN1Cc1ccc(C(F)(F)F)cc1. The molecule has 0 saturated heterocycles. The summed E-state index contributed by atoms with van der Waals surface area (Å²) in [5.74, 6) is 1.73. The summed E-state index contributed by atoms with van der Waals surface area (Å²) >= 11 is 0. The van der Waals surface area contributed by atoms with Crippen LogP contribution in [-0.2, 0) is 38.8 Å². The van der Waals surface area contributed by atoms with Crippen molar-refractivity contribution in [1.82, 2.24) is 30.0 Å². The normalized spacial score (nSPS) is 17.6. The lowest BCUT2D eigenvalue weighted by atomic mass is 9.99. The van der Waals surface area contributed by atoms with Gasteiger partial charge < -0.3 is 9.88 Å². The van der Waals surface area contributed by atoms with Crippen molar-refractivity contribution in [2.45, 2.75) is 65.1 Å². The van der Waals surface area contributed by atoms with E-state index >= 15 is 0 Å². The highest BCUT2D eigenvalue weighted by atomic mass is 19.4. The lowest BCUT2D eigenvalue weighted by Gasteiger charge is -2.27. The highest BCUT2D eigenvalue weighted by Crippen LogP contribution is 2.39. The Balaban J connectivity index is 1.29. The number of carbonyl (C=O) groups is 1. The number of hydrogen-bond acceptors (Lipinski definition) is 5. The Morgan fingerprint density at radius 1 is 1.20 bits per heavy atom. The molecule has 3 aromatic rings. The molecule has 184 valence electrons. The van der Waals surface area contributed by atoms with Gasteiger partial charge in [0.05, 0.1) is 29.4 Å². The number of nitrogens with one attached hydrogen (secondary N) is 1. The Bertz CT molecular complexity index is 1230. The van der Waals surface area contributed by atoms with Crippen LogP contribution in [0, 0.1) is 5.92 Å². The number of halogens is 3. The molecule has 0 fully saturated rings. The van der Waals surface area contributed by atoms with Gasteiger partial charge in [-0.25, -0.2) is 0 Å². The lowest BCUT2D eigenvalue weighted by molar-refractivity contribution is -0.137. The molecule has 7 nitrogen and oxygen atoms in total. The Hall–Kier alpha value is -3.27. The van der Waals surface area contributed by atoms with E-state index in [4.69, 9.17) is 0 Å². The van der Waals surface area contributed by atoms with Crippen LogP contribution in [0.5, 0.6) is 0 Å². The first-order valence-corrected chi connectivity index (χ1v) is 11.8. The van der Waals surface area contributed by atoms with Crippen LogP contribution in [0.3, 0.4) is 0 Å². The number of pyridine rings is 1. The molecule has 0 bridgehead atoms. The van der Waals surface area contributed by atoms with Gasteiger partial charge in [0.25, 0.3) is 5.91 Å². The second-order valence-corrected chi connectivity index (χ2v) is 9.53. The molecule has 35 heavy (non-hydrogen) atoms. The summed E-state index contributed by atoms with van der Waals surface area (Å²) in [6.07, 6.45) is -0.798. The van der Waals surface area contributed by atoms with E-state index in [0.29, 0.717) is 25.2 Å². The number of amides is 1. The van der Waals surface area contributed by atoms with Crippen molar-refractivity contribution in [3.8, 4) is 0 Å². The highest BCUT2D eigenvalue weighted by Gasteiger charge is 2.35. The third-order valence-electron chi connectivity index (χ3n) is 6.70. The first-order chi connectivity index (χ1) is 16.7. The van der Waals surface area contributed by atoms with Gasteiger partial charge in [-0.15, -0.1) is 10.2 Å². The number of aromatic nitrogens is 4. The van der Waals surface area contributed by atoms with Crippen LogP contribution in [0.15, 0.2) is 36.5 Å². The number of fused-ring (bicyclic) bond motifs is 2. The first kappa shape index (κ1) is 23.5. The molecule has 4 heterocycles. The van der Waals surface area contributed by atoms with Crippen molar-refractivity contribution in [1.29, 1.82) is 0 Å². The summed E-state index contributed by atoms with van der Waals surface area (Å²) in [6, 6.07) is 7.17. The van der Waals surface area contributed by atoms with Gasteiger partial charge in [0.2, 0.25) is 0 Å².